The van der Waals surface area contributed by atoms with E-state index in [9.17, 15) is 4.55 Å². The predicted octanol–water partition coefficient (Wildman–Crippen LogP) is 6.66. The number of halogens is 2. The van der Waals surface area contributed by atoms with Gasteiger partial charge in [-0.15, -0.1) is 0 Å². The van der Waals surface area contributed by atoms with Gasteiger partial charge in [0.05, 0.1) is 27.1 Å². The number of hydrogen-bond donors (Lipinski definition) is 1. The molecule has 5 rings (SSSR count). The maximum atomic E-state index is 12.7. The first-order chi connectivity index (χ1) is 17.1. The molecule has 2 fully saturated rings. The summed E-state index contributed by atoms with van der Waals surface area (Å²) in [6.45, 7) is 12.1. The Morgan fingerprint density at radius 3 is 2.64 bits per heavy atom. The van der Waals surface area contributed by atoms with E-state index >= 15 is 0 Å². The number of imidazole rings is 1. The van der Waals surface area contributed by atoms with Crippen molar-refractivity contribution in [1.82, 2.24) is 19.1 Å². The van der Waals surface area contributed by atoms with Gasteiger partial charge in [-0.25, -0.2) is 14.7 Å². The van der Waals surface area contributed by atoms with Crippen molar-refractivity contribution in [2.75, 3.05) is 18.0 Å². The molecule has 1 aromatic carbocycles. The van der Waals surface area contributed by atoms with Crippen molar-refractivity contribution in [3.05, 3.63) is 59.1 Å². The number of anilines is 1. The monoisotopic (exact) mass is 545 g/mol. The summed E-state index contributed by atoms with van der Waals surface area (Å²) in [4.78, 5) is 11.8. The van der Waals surface area contributed by atoms with E-state index in [2.05, 4.69) is 21.2 Å². The molecule has 3 heterocycles. The lowest BCUT2D eigenvalue weighted by Crippen LogP contribution is -2.46. The molecule has 2 aliphatic rings. The first-order valence-corrected chi connectivity index (χ1v) is 14.4. The molecule has 192 valence electrons. The normalized spacial score (nSPS) is 20.7. The number of nitrogens with one attached hydrogen (secondary N) is 1. The van der Waals surface area contributed by atoms with E-state index in [1.807, 2.05) is 49.7 Å². The summed E-state index contributed by atoms with van der Waals surface area (Å²) in [6, 6.07) is 5.61. The quantitative estimate of drug-likeness (QED) is 0.363. The third-order valence-electron chi connectivity index (χ3n) is 7.80. The van der Waals surface area contributed by atoms with E-state index in [-0.39, 0.29) is 10.2 Å². The number of hydrogen-bond acceptors (Lipinski definition) is 5. The first kappa shape index (κ1) is 25.7. The second-order valence-corrected chi connectivity index (χ2v) is 13.7. The van der Waals surface area contributed by atoms with Crippen LogP contribution < -0.4 is 9.62 Å². The van der Waals surface area contributed by atoms with E-state index in [1.54, 1.807) is 12.3 Å². The molecule has 1 unspecified atom stereocenters. The highest BCUT2D eigenvalue weighted by Crippen LogP contribution is 2.53. The average Bonchev–Trinajstić information content (AvgIpc) is 3.48. The zero-order valence-corrected chi connectivity index (χ0v) is 23.4. The summed E-state index contributed by atoms with van der Waals surface area (Å²) < 4.78 is 17.7. The van der Waals surface area contributed by atoms with Gasteiger partial charge in [0.1, 0.15) is 10.4 Å². The van der Waals surface area contributed by atoms with Crippen LogP contribution in [0, 0.1) is 11.3 Å². The standard InChI is InChI=1S/C27H33Cl2N5OS/c1-18(32-36(35)26(2,3)4)21-8-6-10-27(21)11-14-33(15-12-27)25-31-17-20(24-30-13-16-34(24)25)19-7-5-9-22(28)23(19)29/h5,7,9,13,16-17,21,32H,1,6,8,10-12,14-15H2,2-4H3/t21?,36-/m1/s1. The van der Waals surface area contributed by atoms with Crippen LogP contribution in [0.4, 0.5) is 5.95 Å². The third kappa shape index (κ3) is 4.60. The zero-order chi connectivity index (χ0) is 25.7. The number of fused-ring (bicyclic) bond motifs is 1. The second-order valence-electron chi connectivity index (χ2n) is 11.0. The summed E-state index contributed by atoms with van der Waals surface area (Å²) in [6.07, 6.45) is 11.2. The molecule has 1 spiro atoms. The van der Waals surface area contributed by atoms with Crippen LogP contribution in [0.25, 0.3) is 16.8 Å². The predicted molar refractivity (Wildman–Crippen MR) is 150 cm³/mol. The topological polar surface area (TPSA) is 68.5 Å². The number of nitrogens with zero attached hydrogens (tertiary/aromatic N) is 4. The largest absolute Gasteiger partial charge is 0.593 e. The lowest BCUT2D eigenvalue weighted by atomic mass is 9.69. The molecule has 9 heteroatoms. The molecule has 2 aromatic heterocycles. The zero-order valence-electron chi connectivity index (χ0n) is 21.1. The summed E-state index contributed by atoms with van der Waals surface area (Å²) in [7, 11) is 0. The van der Waals surface area contributed by atoms with Gasteiger partial charge in [0.25, 0.3) is 0 Å². The lowest BCUT2D eigenvalue weighted by Gasteiger charge is -2.44. The fourth-order valence-electron chi connectivity index (χ4n) is 5.82. The van der Waals surface area contributed by atoms with Crippen LogP contribution in [0.1, 0.15) is 52.9 Å². The molecule has 2 atom stereocenters. The van der Waals surface area contributed by atoms with Gasteiger partial charge in [0, 0.05) is 48.7 Å². The van der Waals surface area contributed by atoms with Crippen molar-refractivity contribution in [3.63, 3.8) is 0 Å². The summed E-state index contributed by atoms with van der Waals surface area (Å²) in [5.41, 5.74) is 3.63. The Bertz CT molecular complexity index is 1280. The molecule has 1 N–H and O–H groups in total. The van der Waals surface area contributed by atoms with Crippen LogP contribution in [0.3, 0.4) is 0 Å². The summed E-state index contributed by atoms with van der Waals surface area (Å²) >= 11 is 11.6. The van der Waals surface area contributed by atoms with Crippen LogP contribution in [0.15, 0.2) is 49.1 Å². The highest BCUT2D eigenvalue weighted by atomic mass is 35.5. The van der Waals surface area contributed by atoms with Crippen LogP contribution >= 0.6 is 23.2 Å². The smallest absolute Gasteiger partial charge is 0.211 e. The van der Waals surface area contributed by atoms with E-state index < -0.39 is 11.4 Å². The van der Waals surface area contributed by atoms with E-state index in [4.69, 9.17) is 28.2 Å². The Morgan fingerprint density at radius 1 is 1.17 bits per heavy atom. The Labute approximate surface area is 226 Å². The molecule has 1 saturated carbocycles. The van der Waals surface area contributed by atoms with Crippen molar-refractivity contribution in [2.24, 2.45) is 11.3 Å². The van der Waals surface area contributed by atoms with Gasteiger partial charge in [0.2, 0.25) is 5.95 Å². The minimum atomic E-state index is -1.15. The van der Waals surface area contributed by atoms with Gasteiger partial charge in [-0.2, -0.15) is 0 Å². The molecule has 3 aromatic rings. The fraction of sp³-hybridized carbons (Fsp3) is 0.481. The van der Waals surface area contributed by atoms with Crippen molar-refractivity contribution < 1.29 is 4.55 Å². The second kappa shape index (κ2) is 9.75. The number of allylic oxidation sites excluding steroid dienone is 1. The van der Waals surface area contributed by atoms with Crippen LogP contribution in [-0.2, 0) is 11.4 Å². The Hall–Kier alpha value is -1.93. The fourth-order valence-corrected chi connectivity index (χ4v) is 6.91. The summed E-state index contributed by atoms with van der Waals surface area (Å²) in [5, 5.41) is 1.02. The number of piperidine rings is 1. The highest BCUT2D eigenvalue weighted by molar-refractivity contribution is 7.90. The van der Waals surface area contributed by atoms with Gasteiger partial charge in [-0.3, -0.25) is 4.40 Å². The van der Waals surface area contributed by atoms with Crippen LogP contribution in [-0.4, -0.2) is 36.8 Å². The van der Waals surface area contributed by atoms with Crippen molar-refractivity contribution in [1.29, 1.82) is 0 Å². The first-order valence-electron chi connectivity index (χ1n) is 12.5. The van der Waals surface area contributed by atoms with Crippen molar-refractivity contribution in [3.8, 4) is 11.1 Å². The highest BCUT2D eigenvalue weighted by Gasteiger charge is 2.47. The van der Waals surface area contributed by atoms with Gasteiger partial charge in [0.15, 0.2) is 0 Å². The maximum absolute atomic E-state index is 12.7. The number of aromatic nitrogens is 3. The third-order valence-corrected chi connectivity index (χ3v) is 10.2. The van der Waals surface area contributed by atoms with E-state index in [0.29, 0.717) is 16.0 Å². The van der Waals surface area contributed by atoms with E-state index in [1.165, 1.54) is 12.8 Å². The van der Waals surface area contributed by atoms with Gasteiger partial charge in [-0.1, -0.05) is 48.3 Å². The van der Waals surface area contributed by atoms with E-state index in [0.717, 1.165) is 60.8 Å². The Morgan fingerprint density at radius 2 is 1.92 bits per heavy atom. The Kier molecular flexibility index (Phi) is 6.96. The molecule has 1 aliphatic heterocycles. The number of rotatable bonds is 5. The molecule has 0 bridgehead atoms. The van der Waals surface area contributed by atoms with Gasteiger partial charge < -0.3 is 9.45 Å². The Balaban J connectivity index is 1.36. The van der Waals surface area contributed by atoms with Gasteiger partial charge >= 0.3 is 0 Å². The molecule has 6 nitrogen and oxygen atoms in total. The van der Waals surface area contributed by atoms with Gasteiger partial charge in [-0.05, 0) is 57.9 Å². The van der Waals surface area contributed by atoms with Crippen LogP contribution in [0.2, 0.25) is 10.0 Å². The molecular formula is C27H33Cl2N5OS. The molecule has 1 saturated heterocycles. The molecule has 0 radical (unpaired) electrons. The summed E-state index contributed by atoms with van der Waals surface area (Å²) in [5.74, 6) is 1.24. The molecular weight excluding hydrogens is 513 g/mol. The molecule has 1 aliphatic carbocycles. The number of benzene rings is 1. The maximum Gasteiger partial charge on any atom is 0.211 e. The minimum Gasteiger partial charge on any atom is -0.593 e. The molecule has 36 heavy (non-hydrogen) atoms. The SMILES string of the molecule is C=C(N[S@+]([O-])C(C)(C)C)C1CCCC12CCN(c1ncc(-c3cccc(Cl)c3Cl)c3nccn13)CC2. The van der Waals surface area contributed by atoms with Crippen molar-refractivity contribution in [2.45, 2.75) is 57.6 Å². The van der Waals surface area contributed by atoms with Crippen molar-refractivity contribution >= 4 is 46.2 Å². The average molecular weight is 547 g/mol. The minimum absolute atomic E-state index is 0.199. The lowest BCUT2D eigenvalue weighted by molar-refractivity contribution is 0.169. The van der Waals surface area contributed by atoms with Crippen LogP contribution in [0.5, 0.6) is 0 Å². The molecule has 0 amide bonds.